The Balaban J connectivity index is 1.55. The highest BCUT2D eigenvalue weighted by molar-refractivity contribution is 5.96. The summed E-state index contributed by atoms with van der Waals surface area (Å²) in [6.45, 7) is 0. The van der Waals surface area contributed by atoms with Gasteiger partial charge in [-0.3, -0.25) is 9.59 Å². The molecule has 0 aliphatic heterocycles. The zero-order chi connectivity index (χ0) is 33.2. The van der Waals surface area contributed by atoms with Gasteiger partial charge >= 0.3 is 0 Å². The van der Waals surface area contributed by atoms with Crippen LogP contribution in [-0.4, -0.2) is 11.8 Å². The third-order valence-electron chi connectivity index (χ3n) is 8.74. The zero-order valence-corrected chi connectivity index (χ0v) is 25.0. The first kappa shape index (κ1) is 31.0. The van der Waals surface area contributed by atoms with E-state index >= 15 is 8.78 Å². The van der Waals surface area contributed by atoms with Crippen molar-refractivity contribution in [2.75, 3.05) is 0 Å². The fraction of sp³-hybridized carbons (Fsp3) is 0.0500. The van der Waals surface area contributed by atoms with E-state index in [2.05, 4.69) is 0 Å². The highest BCUT2D eigenvalue weighted by atomic mass is 19.1. The van der Waals surface area contributed by atoms with Gasteiger partial charge < -0.3 is 11.5 Å². The lowest BCUT2D eigenvalue weighted by atomic mass is 9.67. The van der Waals surface area contributed by atoms with E-state index in [4.69, 9.17) is 11.5 Å². The molecule has 0 bridgehead atoms. The maximum Gasteiger partial charge on any atom is 0.237 e. The normalized spacial score (nSPS) is 13.7. The van der Waals surface area contributed by atoms with Crippen LogP contribution in [0.2, 0.25) is 0 Å². The molecule has 6 aromatic carbocycles. The molecule has 2 amide bonds. The predicted molar refractivity (Wildman–Crippen MR) is 176 cm³/mol. The van der Waals surface area contributed by atoms with E-state index in [0.29, 0.717) is 27.8 Å². The maximum absolute atomic E-state index is 16.9. The minimum atomic E-state index is -1.80. The van der Waals surface area contributed by atoms with Gasteiger partial charge in [0, 0.05) is 16.7 Å². The molecule has 0 aliphatic carbocycles. The molecule has 4 N–H and O–H groups in total. The van der Waals surface area contributed by atoms with Crippen molar-refractivity contribution in [3.8, 4) is 11.1 Å². The molecule has 0 radical (unpaired) electrons. The second kappa shape index (κ2) is 12.4. The average molecular weight is 627 g/mol. The Morgan fingerprint density at radius 1 is 0.447 bits per heavy atom. The quantitative estimate of drug-likeness (QED) is 0.164. The molecule has 2 unspecified atom stereocenters. The standard InChI is InChI=1S/C40H29F3N2O2/c41-31-24-22-30(23-25-31)40(38(45)47,28-12-5-2-6-13-28)34-16-9-14-32(36(34)43)26-18-20-29(21-19-26)39(37(44)46,27-10-3-1-4-11-27)33-15-7-8-17-35(33)42/h1-25H,(H2,44,46)(H2,45,47). The number of hydrogen-bond donors (Lipinski definition) is 2. The topological polar surface area (TPSA) is 86.2 Å². The number of rotatable bonds is 9. The molecule has 6 rings (SSSR count). The lowest BCUT2D eigenvalue weighted by Crippen LogP contribution is -2.44. The number of nitrogens with two attached hydrogens (primary N) is 2. The molecular weight excluding hydrogens is 597 g/mol. The molecule has 7 heteroatoms. The number of carbonyl (C=O) groups is 2. The van der Waals surface area contributed by atoms with Crippen molar-refractivity contribution in [2.45, 2.75) is 10.8 Å². The summed E-state index contributed by atoms with van der Waals surface area (Å²) >= 11 is 0. The fourth-order valence-corrected chi connectivity index (χ4v) is 6.58. The van der Waals surface area contributed by atoms with Crippen LogP contribution in [-0.2, 0) is 20.4 Å². The molecule has 6 aromatic rings. The van der Waals surface area contributed by atoms with Gasteiger partial charge in [-0.2, -0.15) is 0 Å². The molecule has 0 heterocycles. The Bertz CT molecular complexity index is 2070. The Hall–Kier alpha value is -5.95. The van der Waals surface area contributed by atoms with Gasteiger partial charge in [-0.15, -0.1) is 0 Å². The molecule has 0 saturated heterocycles. The van der Waals surface area contributed by atoms with E-state index in [1.165, 1.54) is 48.5 Å². The Labute approximate surface area is 270 Å². The maximum atomic E-state index is 16.9. The van der Waals surface area contributed by atoms with Gasteiger partial charge in [0.1, 0.15) is 28.3 Å². The minimum Gasteiger partial charge on any atom is -0.368 e. The van der Waals surface area contributed by atoms with E-state index in [9.17, 15) is 14.0 Å². The summed E-state index contributed by atoms with van der Waals surface area (Å²) in [4.78, 5) is 26.9. The lowest BCUT2D eigenvalue weighted by Gasteiger charge is -2.33. The van der Waals surface area contributed by atoms with Gasteiger partial charge in [-0.05, 0) is 46.0 Å². The van der Waals surface area contributed by atoms with Crippen LogP contribution in [0.4, 0.5) is 13.2 Å². The van der Waals surface area contributed by atoms with Crippen LogP contribution in [0.3, 0.4) is 0 Å². The summed E-state index contributed by atoms with van der Waals surface area (Å²) < 4.78 is 46.3. The number of primary amides is 2. The third kappa shape index (κ3) is 5.06. The van der Waals surface area contributed by atoms with Crippen molar-refractivity contribution < 1.29 is 22.8 Å². The van der Waals surface area contributed by atoms with E-state index in [0.717, 1.165) is 0 Å². The zero-order valence-electron chi connectivity index (χ0n) is 25.0. The van der Waals surface area contributed by atoms with Crippen LogP contribution < -0.4 is 11.5 Å². The van der Waals surface area contributed by atoms with Gasteiger partial charge in [0.15, 0.2) is 0 Å². The van der Waals surface area contributed by atoms with Gasteiger partial charge in [0.05, 0.1) is 0 Å². The Kier molecular flexibility index (Phi) is 8.22. The van der Waals surface area contributed by atoms with E-state index < -0.39 is 40.1 Å². The molecule has 0 aliphatic rings. The molecule has 0 spiro atoms. The largest absolute Gasteiger partial charge is 0.368 e. The van der Waals surface area contributed by atoms with Crippen molar-refractivity contribution in [3.63, 3.8) is 0 Å². The number of benzene rings is 6. The molecule has 2 atom stereocenters. The molecule has 232 valence electrons. The summed E-state index contributed by atoms with van der Waals surface area (Å²) in [6, 6.07) is 39.5. The van der Waals surface area contributed by atoms with Gasteiger partial charge in [0.25, 0.3) is 0 Å². The van der Waals surface area contributed by atoms with Gasteiger partial charge in [0.2, 0.25) is 11.8 Å². The second-order valence-corrected chi connectivity index (χ2v) is 11.2. The fourth-order valence-electron chi connectivity index (χ4n) is 6.58. The van der Waals surface area contributed by atoms with Crippen molar-refractivity contribution in [3.05, 3.63) is 202 Å². The Morgan fingerprint density at radius 3 is 1.38 bits per heavy atom. The van der Waals surface area contributed by atoms with Crippen molar-refractivity contribution in [1.29, 1.82) is 0 Å². The summed E-state index contributed by atoms with van der Waals surface area (Å²) in [5, 5.41) is 0. The van der Waals surface area contributed by atoms with Crippen LogP contribution in [0, 0.1) is 17.5 Å². The number of halogens is 3. The van der Waals surface area contributed by atoms with Crippen molar-refractivity contribution in [2.24, 2.45) is 11.5 Å². The van der Waals surface area contributed by atoms with E-state index in [1.54, 1.807) is 103 Å². The first-order valence-corrected chi connectivity index (χ1v) is 14.8. The average Bonchev–Trinajstić information content (AvgIpc) is 3.09. The summed E-state index contributed by atoms with van der Waals surface area (Å²) in [5.74, 6) is -3.48. The highest BCUT2D eigenvalue weighted by Crippen LogP contribution is 2.44. The monoisotopic (exact) mass is 626 g/mol. The first-order valence-electron chi connectivity index (χ1n) is 14.8. The smallest absolute Gasteiger partial charge is 0.237 e. The van der Waals surface area contributed by atoms with Crippen LogP contribution in [0.15, 0.2) is 152 Å². The SMILES string of the molecule is NC(=O)C(c1ccccc1)(c1ccc(-c2cccc(C(C(N)=O)(c3ccccc3)c3ccc(F)cc3)c2F)cc1)c1ccccc1F. The van der Waals surface area contributed by atoms with Crippen LogP contribution in [0.5, 0.6) is 0 Å². The lowest BCUT2D eigenvalue weighted by molar-refractivity contribution is -0.121. The predicted octanol–water partition coefficient (Wildman–Crippen LogP) is 7.41. The number of hydrogen-bond acceptors (Lipinski definition) is 2. The van der Waals surface area contributed by atoms with E-state index in [1.807, 2.05) is 0 Å². The highest BCUT2D eigenvalue weighted by Gasteiger charge is 2.46. The van der Waals surface area contributed by atoms with Gasteiger partial charge in [-0.25, -0.2) is 13.2 Å². The molecule has 0 aromatic heterocycles. The molecule has 4 nitrogen and oxygen atoms in total. The van der Waals surface area contributed by atoms with Crippen LogP contribution in [0.1, 0.15) is 33.4 Å². The summed E-state index contributed by atoms with van der Waals surface area (Å²) in [6.07, 6.45) is 0. The molecule has 0 fully saturated rings. The van der Waals surface area contributed by atoms with Crippen molar-refractivity contribution in [1.82, 2.24) is 0 Å². The number of amides is 2. The molecule has 47 heavy (non-hydrogen) atoms. The second-order valence-electron chi connectivity index (χ2n) is 11.2. The van der Waals surface area contributed by atoms with Crippen molar-refractivity contribution >= 4 is 11.8 Å². The molecular formula is C40H29F3N2O2. The van der Waals surface area contributed by atoms with Crippen LogP contribution >= 0.6 is 0 Å². The summed E-state index contributed by atoms with van der Waals surface area (Å²) in [5.41, 5.74) is 10.9. The molecule has 0 saturated carbocycles. The van der Waals surface area contributed by atoms with Gasteiger partial charge in [-0.1, -0.05) is 133 Å². The van der Waals surface area contributed by atoms with Crippen LogP contribution in [0.25, 0.3) is 11.1 Å². The minimum absolute atomic E-state index is 0.0218. The first-order chi connectivity index (χ1) is 22.7. The Morgan fingerprint density at radius 2 is 0.872 bits per heavy atom. The van der Waals surface area contributed by atoms with E-state index in [-0.39, 0.29) is 16.7 Å². The third-order valence-corrected chi connectivity index (χ3v) is 8.74. The summed E-state index contributed by atoms with van der Waals surface area (Å²) in [7, 11) is 0. The number of carbonyl (C=O) groups excluding carboxylic acids is 2.